The average molecular weight is 358 g/mol. The van der Waals surface area contributed by atoms with Crippen LogP contribution in [0.4, 0.5) is 0 Å². The lowest BCUT2D eigenvalue weighted by Gasteiger charge is -2.32. The number of nitrogens with zero attached hydrogens (tertiary/aromatic N) is 3. The second-order valence-corrected chi connectivity index (χ2v) is 7.03. The van der Waals surface area contributed by atoms with Crippen LogP contribution in [0.5, 0.6) is 0 Å². The Labute approximate surface area is 153 Å². The van der Waals surface area contributed by atoms with Crippen LogP contribution in [0.3, 0.4) is 0 Å². The van der Waals surface area contributed by atoms with Crippen LogP contribution in [0.15, 0.2) is 18.3 Å². The Kier molecular flexibility index (Phi) is 6.20. The van der Waals surface area contributed by atoms with Crippen molar-refractivity contribution in [2.45, 2.75) is 44.6 Å². The van der Waals surface area contributed by atoms with Crippen molar-refractivity contribution < 1.29 is 14.4 Å². The molecule has 2 aliphatic rings. The summed E-state index contributed by atoms with van der Waals surface area (Å²) in [7, 11) is 0. The summed E-state index contributed by atoms with van der Waals surface area (Å²) in [6, 6.07) is 3.43. The Morgan fingerprint density at radius 2 is 1.77 bits per heavy atom. The topological polar surface area (TPSA) is 82.6 Å². The van der Waals surface area contributed by atoms with Crippen LogP contribution in [0.25, 0.3) is 0 Å². The molecule has 140 valence electrons. The minimum atomic E-state index is -0.195. The highest BCUT2D eigenvalue weighted by molar-refractivity contribution is 5.98. The van der Waals surface area contributed by atoms with Crippen LogP contribution in [0.2, 0.25) is 0 Å². The molecule has 0 radical (unpaired) electrons. The number of aromatic nitrogens is 1. The predicted octanol–water partition coefficient (Wildman–Crippen LogP) is 1.45. The minimum absolute atomic E-state index is 0.140. The number of rotatable bonds is 4. The van der Waals surface area contributed by atoms with Crippen molar-refractivity contribution in [1.82, 2.24) is 20.1 Å². The molecule has 0 aromatic carbocycles. The Morgan fingerprint density at radius 3 is 2.42 bits per heavy atom. The fourth-order valence-corrected chi connectivity index (χ4v) is 3.57. The van der Waals surface area contributed by atoms with Gasteiger partial charge in [0.2, 0.25) is 6.41 Å². The maximum absolute atomic E-state index is 12.6. The quantitative estimate of drug-likeness (QED) is 0.652. The maximum atomic E-state index is 12.6. The Balaban J connectivity index is 1.62. The zero-order chi connectivity index (χ0) is 18.4. The smallest absolute Gasteiger partial charge is 0.272 e. The molecular weight excluding hydrogens is 332 g/mol. The van der Waals surface area contributed by atoms with E-state index in [-0.39, 0.29) is 23.6 Å². The van der Waals surface area contributed by atoms with E-state index in [2.05, 4.69) is 10.3 Å². The summed E-state index contributed by atoms with van der Waals surface area (Å²) in [4.78, 5) is 43.4. The first-order valence-corrected chi connectivity index (χ1v) is 9.43. The first-order chi connectivity index (χ1) is 12.7. The largest absolute Gasteiger partial charge is 0.349 e. The molecule has 0 atom stereocenters. The molecule has 1 aliphatic heterocycles. The highest BCUT2D eigenvalue weighted by atomic mass is 16.2. The molecule has 0 unspecified atom stereocenters. The standard InChI is InChI=1S/C19H26N4O3/c24-14-22-9-11-23(12-10-22)19(26)17-13-15(7-8-20-17)18(25)21-16-5-3-1-2-4-6-16/h7-8,13-14,16H,1-6,9-12H2,(H,21,25). The molecule has 26 heavy (non-hydrogen) atoms. The average Bonchev–Trinajstić information content (AvgIpc) is 2.96. The maximum Gasteiger partial charge on any atom is 0.272 e. The van der Waals surface area contributed by atoms with Gasteiger partial charge in [0.15, 0.2) is 0 Å². The lowest BCUT2D eigenvalue weighted by atomic mass is 10.1. The second-order valence-electron chi connectivity index (χ2n) is 7.03. The number of piperazine rings is 1. The summed E-state index contributed by atoms with van der Waals surface area (Å²) >= 11 is 0. The summed E-state index contributed by atoms with van der Waals surface area (Å²) in [5.41, 5.74) is 0.747. The molecule has 0 bridgehead atoms. The van der Waals surface area contributed by atoms with Crippen LogP contribution >= 0.6 is 0 Å². The zero-order valence-corrected chi connectivity index (χ0v) is 15.0. The molecule has 7 nitrogen and oxygen atoms in total. The summed E-state index contributed by atoms with van der Waals surface area (Å²) in [5.74, 6) is -0.334. The lowest BCUT2D eigenvalue weighted by molar-refractivity contribution is -0.119. The van der Waals surface area contributed by atoms with Crippen molar-refractivity contribution in [3.8, 4) is 0 Å². The van der Waals surface area contributed by atoms with Crippen LogP contribution in [0, 0.1) is 0 Å². The van der Waals surface area contributed by atoms with Gasteiger partial charge in [0.05, 0.1) is 0 Å². The molecule has 1 saturated heterocycles. The van der Waals surface area contributed by atoms with Crippen molar-refractivity contribution in [1.29, 1.82) is 0 Å². The van der Waals surface area contributed by atoms with E-state index < -0.39 is 0 Å². The molecule has 1 aromatic rings. The monoisotopic (exact) mass is 358 g/mol. The first kappa shape index (κ1) is 18.4. The number of hydrogen-bond acceptors (Lipinski definition) is 4. The zero-order valence-electron chi connectivity index (χ0n) is 15.0. The molecule has 7 heteroatoms. The van der Waals surface area contributed by atoms with Crippen LogP contribution in [0.1, 0.15) is 59.4 Å². The van der Waals surface area contributed by atoms with Gasteiger partial charge in [-0.2, -0.15) is 0 Å². The van der Waals surface area contributed by atoms with Gasteiger partial charge in [-0.25, -0.2) is 0 Å². The first-order valence-electron chi connectivity index (χ1n) is 9.43. The SMILES string of the molecule is O=CN1CCN(C(=O)c2cc(C(=O)NC3CCCCCC3)ccn2)CC1. The van der Waals surface area contributed by atoms with Gasteiger partial charge in [0, 0.05) is 44.0 Å². The van der Waals surface area contributed by atoms with Gasteiger partial charge in [-0.05, 0) is 25.0 Å². The summed E-state index contributed by atoms with van der Waals surface area (Å²) in [5, 5.41) is 3.10. The number of nitrogens with one attached hydrogen (secondary N) is 1. The Hall–Kier alpha value is -2.44. The molecule has 0 spiro atoms. The van der Waals surface area contributed by atoms with E-state index in [0.29, 0.717) is 31.7 Å². The third-order valence-corrected chi connectivity index (χ3v) is 5.18. The molecule has 1 saturated carbocycles. The van der Waals surface area contributed by atoms with Crippen molar-refractivity contribution in [3.05, 3.63) is 29.6 Å². The highest BCUT2D eigenvalue weighted by Crippen LogP contribution is 2.18. The van der Waals surface area contributed by atoms with Crippen molar-refractivity contribution in [2.75, 3.05) is 26.2 Å². The van der Waals surface area contributed by atoms with E-state index in [0.717, 1.165) is 32.1 Å². The Bertz CT molecular complexity index is 648. The van der Waals surface area contributed by atoms with E-state index in [1.807, 2.05) is 0 Å². The number of amides is 3. The van der Waals surface area contributed by atoms with Crippen LogP contribution in [-0.2, 0) is 4.79 Å². The van der Waals surface area contributed by atoms with E-state index in [9.17, 15) is 14.4 Å². The third kappa shape index (κ3) is 4.59. The van der Waals surface area contributed by atoms with E-state index >= 15 is 0 Å². The van der Waals surface area contributed by atoms with E-state index in [1.54, 1.807) is 21.9 Å². The molecule has 1 aliphatic carbocycles. The molecule has 2 heterocycles. The molecule has 2 fully saturated rings. The predicted molar refractivity (Wildman–Crippen MR) is 96.7 cm³/mol. The van der Waals surface area contributed by atoms with Crippen LogP contribution in [-0.4, -0.2) is 65.2 Å². The third-order valence-electron chi connectivity index (χ3n) is 5.18. The number of hydrogen-bond donors (Lipinski definition) is 1. The van der Waals surface area contributed by atoms with Gasteiger partial charge >= 0.3 is 0 Å². The molecule has 3 rings (SSSR count). The molecular formula is C19H26N4O3. The minimum Gasteiger partial charge on any atom is -0.349 e. The van der Waals surface area contributed by atoms with E-state index in [4.69, 9.17) is 0 Å². The van der Waals surface area contributed by atoms with Gasteiger partial charge in [-0.15, -0.1) is 0 Å². The van der Waals surface area contributed by atoms with Gasteiger partial charge < -0.3 is 15.1 Å². The summed E-state index contributed by atoms with van der Waals surface area (Å²) in [6.45, 7) is 2.02. The number of carbonyl (C=O) groups is 3. The van der Waals surface area contributed by atoms with Gasteiger partial charge in [0.1, 0.15) is 5.69 Å². The lowest BCUT2D eigenvalue weighted by Crippen LogP contribution is -2.48. The fourth-order valence-electron chi connectivity index (χ4n) is 3.57. The van der Waals surface area contributed by atoms with E-state index in [1.165, 1.54) is 19.0 Å². The highest BCUT2D eigenvalue weighted by Gasteiger charge is 2.23. The summed E-state index contributed by atoms with van der Waals surface area (Å²) in [6.07, 6.45) is 9.12. The van der Waals surface area contributed by atoms with Crippen molar-refractivity contribution in [3.63, 3.8) is 0 Å². The normalized spacial score (nSPS) is 18.9. The fraction of sp³-hybridized carbons (Fsp3) is 0.579. The van der Waals surface area contributed by atoms with Gasteiger partial charge in [0.25, 0.3) is 11.8 Å². The number of pyridine rings is 1. The van der Waals surface area contributed by atoms with Crippen molar-refractivity contribution >= 4 is 18.2 Å². The number of carbonyl (C=O) groups excluding carboxylic acids is 3. The molecule has 1 N–H and O–H groups in total. The Morgan fingerprint density at radius 1 is 1.08 bits per heavy atom. The van der Waals surface area contributed by atoms with Gasteiger partial charge in [-0.3, -0.25) is 19.4 Å². The second kappa shape index (κ2) is 8.78. The van der Waals surface area contributed by atoms with Gasteiger partial charge in [-0.1, -0.05) is 25.7 Å². The summed E-state index contributed by atoms with van der Waals surface area (Å²) < 4.78 is 0. The molecule has 1 aromatic heterocycles. The van der Waals surface area contributed by atoms with Crippen LogP contribution < -0.4 is 5.32 Å². The van der Waals surface area contributed by atoms with Crippen molar-refractivity contribution in [2.24, 2.45) is 0 Å². The molecule has 3 amide bonds.